The molecule has 1 aliphatic rings. The van der Waals surface area contributed by atoms with Gasteiger partial charge in [-0.3, -0.25) is 9.89 Å². The summed E-state index contributed by atoms with van der Waals surface area (Å²) >= 11 is 0. The number of aryl methyl sites for hydroxylation is 2. The van der Waals surface area contributed by atoms with Crippen molar-refractivity contribution in [3.63, 3.8) is 0 Å². The minimum absolute atomic E-state index is 0.129. The third kappa shape index (κ3) is 3.77. The number of H-pyrrole nitrogens is 1. The van der Waals surface area contributed by atoms with Crippen LogP contribution in [0.25, 0.3) is 11.3 Å². The number of rotatable bonds is 8. The highest BCUT2D eigenvalue weighted by Gasteiger charge is 2.42. The van der Waals surface area contributed by atoms with Gasteiger partial charge in [0.2, 0.25) is 0 Å². The van der Waals surface area contributed by atoms with E-state index in [0.29, 0.717) is 30.1 Å². The molecule has 0 saturated carbocycles. The number of phenolic OH excluding ortho intramolecular Hbond substituents is 1. The zero-order valence-corrected chi connectivity index (χ0v) is 18.8. The number of nitrogens with zero attached hydrogens (tertiary/aromatic N) is 2. The highest BCUT2D eigenvalue weighted by atomic mass is 16.5. The second kappa shape index (κ2) is 8.91. The maximum atomic E-state index is 13.2. The minimum atomic E-state index is -0.339. The molecule has 166 valence electrons. The Morgan fingerprint density at radius 2 is 2.00 bits per heavy atom. The van der Waals surface area contributed by atoms with Crippen LogP contribution in [0.2, 0.25) is 0 Å². The summed E-state index contributed by atoms with van der Waals surface area (Å²) in [5.74, 6) is 0.836. The fourth-order valence-electron chi connectivity index (χ4n) is 4.40. The van der Waals surface area contributed by atoms with Crippen LogP contribution in [-0.2, 0) is 0 Å². The lowest BCUT2D eigenvalue weighted by Crippen LogP contribution is -2.29. The van der Waals surface area contributed by atoms with Crippen molar-refractivity contribution in [3.8, 4) is 22.8 Å². The summed E-state index contributed by atoms with van der Waals surface area (Å²) in [6.45, 7) is 10.9. The Balaban J connectivity index is 1.80. The van der Waals surface area contributed by atoms with Crippen LogP contribution in [0.15, 0.2) is 49.1 Å². The van der Waals surface area contributed by atoms with Crippen molar-refractivity contribution in [2.24, 2.45) is 0 Å². The topological polar surface area (TPSA) is 78.5 Å². The summed E-state index contributed by atoms with van der Waals surface area (Å²) in [5, 5.41) is 18.1. The third-order valence-corrected chi connectivity index (χ3v) is 5.85. The molecule has 2 heterocycles. The van der Waals surface area contributed by atoms with E-state index in [-0.39, 0.29) is 17.7 Å². The van der Waals surface area contributed by atoms with Crippen LogP contribution >= 0.6 is 0 Å². The van der Waals surface area contributed by atoms with E-state index < -0.39 is 0 Å². The summed E-state index contributed by atoms with van der Waals surface area (Å²) < 4.78 is 5.80. The quantitative estimate of drug-likeness (QED) is 0.374. The minimum Gasteiger partial charge on any atom is -0.507 e. The first-order valence-corrected chi connectivity index (χ1v) is 11.0. The molecular weight excluding hydrogens is 402 g/mol. The Hall–Kier alpha value is -3.54. The van der Waals surface area contributed by atoms with Crippen molar-refractivity contribution in [3.05, 3.63) is 77.0 Å². The number of hydrogen-bond donors (Lipinski definition) is 2. The Kier molecular flexibility index (Phi) is 6.04. The van der Waals surface area contributed by atoms with Gasteiger partial charge in [0, 0.05) is 17.7 Å². The van der Waals surface area contributed by atoms with Gasteiger partial charge in [-0.2, -0.15) is 5.10 Å². The van der Waals surface area contributed by atoms with Crippen molar-refractivity contribution < 1.29 is 14.6 Å². The van der Waals surface area contributed by atoms with E-state index in [1.807, 2.05) is 44.2 Å². The molecule has 0 aliphatic carbocycles. The number of phenols is 1. The number of nitrogens with one attached hydrogen (secondary N) is 1. The van der Waals surface area contributed by atoms with E-state index in [1.165, 1.54) is 0 Å². The van der Waals surface area contributed by atoms with Gasteiger partial charge >= 0.3 is 0 Å². The Morgan fingerprint density at radius 1 is 1.25 bits per heavy atom. The van der Waals surface area contributed by atoms with E-state index in [1.54, 1.807) is 17.0 Å². The van der Waals surface area contributed by atoms with Gasteiger partial charge in [0.25, 0.3) is 5.91 Å². The highest BCUT2D eigenvalue weighted by Crippen LogP contribution is 2.45. The number of unbranched alkanes of at least 4 members (excludes halogenated alkanes) is 1. The SMILES string of the molecule is C=CCN1C(=O)c2[nH]nc(-c3c(C)cc(C)cc3O)c2C1c1ccc(OCCCC)cc1. The molecule has 32 heavy (non-hydrogen) atoms. The summed E-state index contributed by atoms with van der Waals surface area (Å²) in [4.78, 5) is 15.0. The van der Waals surface area contributed by atoms with Gasteiger partial charge in [-0.15, -0.1) is 6.58 Å². The average Bonchev–Trinajstić information content (AvgIpc) is 3.28. The number of carbonyl (C=O) groups excluding carboxylic acids is 1. The number of aromatic hydroxyl groups is 1. The van der Waals surface area contributed by atoms with Crippen LogP contribution in [0.5, 0.6) is 11.5 Å². The number of ether oxygens (including phenoxy) is 1. The summed E-state index contributed by atoms with van der Waals surface area (Å²) in [7, 11) is 0. The Bertz CT molecular complexity index is 1120. The van der Waals surface area contributed by atoms with Crippen molar-refractivity contribution in [2.75, 3.05) is 13.2 Å². The third-order valence-electron chi connectivity index (χ3n) is 5.85. The number of amides is 1. The summed E-state index contributed by atoms with van der Waals surface area (Å²) in [6, 6.07) is 11.2. The molecule has 6 nitrogen and oxygen atoms in total. The molecule has 0 spiro atoms. The van der Waals surface area contributed by atoms with Crippen molar-refractivity contribution in [2.45, 2.75) is 39.7 Å². The van der Waals surface area contributed by atoms with E-state index in [9.17, 15) is 9.90 Å². The second-order valence-electron chi connectivity index (χ2n) is 8.26. The van der Waals surface area contributed by atoms with Crippen LogP contribution in [0.1, 0.15) is 58.5 Å². The normalized spacial score (nSPS) is 15.2. The summed E-state index contributed by atoms with van der Waals surface area (Å²) in [6.07, 6.45) is 3.81. The van der Waals surface area contributed by atoms with Crippen LogP contribution in [-0.4, -0.2) is 39.3 Å². The average molecular weight is 432 g/mol. The number of hydrogen-bond acceptors (Lipinski definition) is 4. The molecule has 1 amide bonds. The molecule has 0 bridgehead atoms. The second-order valence-corrected chi connectivity index (χ2v) is 8.26. The fraction of sp³-hybridized carbons (Fsp3) is 0.308. The molecule has 1 aliphatic heterocycles. The molecule has 2 aromatic carbocycles. The monoisotopic (exact) mass is 431 g/mol. The number of carbonyl (C=O) groups is 1. The number of aromatic amines is 1. The maximum absolute atomic E-state index is 13.2. The zero-order valence-electron chi connectivity index (χ0n) is 18.8. The highest BCUT2D eigenvalue weighted by molar-refractivity contribution is 6.00. The summed E-state index contributed by atoms with van der Waals surface area (Å²) in [5.41, 5.74) is 5.30. The van der Waals surface area contributed by atoms with E-state index in [4.69, 9.17) is 4.74 Å². The van der Waals surface area contributed by atoms with Crippen LogP contribution < -0.4 is 4.74 Å². The lowest BCUT2D eigenvalue weighted by Gasteiger charge is -2.25. The van der Waals surface area contributed by atoms with Gasteiger partial charge in [0.15, 0.2) is 0 Å². The molecule has 3 aromatic rings. The molecule has 1 atom stereocenters. The fourth-order valence-corrected chi connectivity index (χ4v) is 4.40. The largest absolute Gasteiger partial charge is 0.507 e. The smallest absolute Gasteiger partial charge is 0.273 e. The first kappa shape index (κ1) is 21.7. The lowest BCUT2D eigenvalue weighted by atomic mass is 9.93. The van der Waals surface area contributed by atoms with Crippen LogP contribution in [0.3, 0.4) is 0 Å². The van der Waals surface area contributed by atoms with Gasteiger partial charge in [-0.05, 0) is 55.2 Å². The molecule has 0 fully saturated rings. The molecule has 4 rings (SSSR count). The van der Waals surface area contributed by atoms with Crippen LogP contribution in [0.4, 0.5) is 0 Å². The lowest BCUT2D eigenvalue weighted by molar-refractivity contribution is 0.0764. The molecule has 0 radical (unpaired) electrons. The molecule has 0 saturated heterocycles. The van der Waals surface area contributed by atoms with Crippen LogP contribution in [0, 0.1) is 13.8 Å². The van der Waals surface area contributed by atoms with E-state index in [2.05, 4.69) is 23.7 Å². The molecule has 6 heteroatoms. The van der Waals surface area contributed by atoms with Gasteiger partial charge in [0.05, 0.1) is 12.6 Å². The number of benzene rings is 2. The van der Waals surface area contributed by atoms with E-state index in [0.717, 1.165) is 40.8 Å². The molecule has 2 N–H and O–H groups in total. The van der Waals surface area contributed by atoms with Gasteiger partial charge < -0.3 is 14.7 Å². The van der Waals surface area contributed by atoms with Crippen molar-refractivity contribution in [1.29, 1.82) is 0 Å². The predicted molar refractivity (Wildman–Crippen MR) is 125 cm³/mol. The van der Waals surface area contributed by atoms with Gasteiger partial charge in [0.1, 0.15) is 22.9 Å². The number of fused-ring (bicyclic) bond motifs is 1. The van der Waals surface area contributed by atoms with Crippen molar-refractivity contribution in [1.82, 2.24) is 15.1 Å². The first-order valence-electron chi connectivity index (χ1n) is 11.0. The molecular formula is C26H29N3O3. The molecule has 1 unspecified atom stereocenters. The predicted octanol–water partition coefficient (Wildman–Crippen LogP) is 5.31. The van der Waals surface area contributed by atoms with E-state index >= 15 is 0 Å². The van der Waals surface area contributed by atoms with Gasteiger partial charge in [-0.1, -0.05) is 37.6 Å². The number of aromatic nitrogens is 2. The Labute approximate surface area is 188 Å². The first-order chi connectivity index (χ1) is 15.5. The molecule has 1 aromatic heterocycles. The van der Waals surface area contributed by atoms with Crippen molar-refractivity contribution >= 4 is 5.91 Å². The maximum Gasteiger partial charge on any atom is 0.273 e. The van der Waals surface area contributed by atoms with Gasteiger partial charge in [-0.25, -0.2) is 0 Å². The standard InChI is InChI=1S/C26H29N3O3/c1-5-7-13-32-19-10-8-18(9-11-19)25-22-23(21-17(4)14-16(3)15-20(21)30)27-28-24(22)26(31)29(25)12-6-2/h6,8-11,14-15,25,30H,2,5,7,12-13H2,1,3-4H3,(H,27,28). The zero-order chi connectivity index (χ0) is 22.8. The Morgan fingerprint density at radius 3 is 2.66 bits per heavy atom.